The Kier molecular flexibility index (Phi) is 7.83. The number of halogens is 3. The molecule has 4 nitrogen and oxygen atoms in total. The van der Waals surface area contributed by atoms with Crippen molar-refractivity contribution in [1.29, 1.82) is 0 Å². The second-order valence-electron chi connectivity index (χ2n) is 7.33. The predicted octanol–water partition coefficient (Wildman–Crippen LogP) is 6.57. The van der Waals surface area contributed by atoms with Crippen molar-refractivity contribution in [3.05, 3.63) is 60.7 Å². The number of sulfonamides is 1. The SMILES string of the molecule is CC.CS(=O)(=O)N1CCC(C2c3ncc(Br)cc3C=Cc3cc(Cl)cc(Br)c32)CC1. The highest BCUT2D eigenvalue weighted by Gasteiger charge is 2.36. The summed E-state index contributed by atoms with van der Waals surface area (Å²) in [6.07, 6.45) is 8.88. The van der Waals surface area contributed by atoms with E-state index < -0.39 is 10.0 Å². The molecule has 2 aromatic rings. The summed E-state index contributed by atoms with van der Waals surface area (Å²) in [6.45, 7) is 5.08. The van der Waals surface area contributed by atoms with E-state index in [0.29, 0.717) is 24.0 Å². The Bertz CT molecular complexity index is 1070. The van der Waals surface area contributed by atoms with Crippen LogP contribution in [0.1, 0.15) is 55.0 Å². The fourth-order valence-corrected chi connectivity index (χ4v) is 6.55. The normalized spacial score (nSPS) is 19.3. The van der Waals surface area contributed by atoms with Crippen LogP contribution < -0.4 is 0 Å². The zero-order chi connectivity index (χ0) is 22.1. The monoisotopic (exact) mass is 574 g/mol. The van der Waals surface area contributed by atoms with Gasteiger partial charge in [0.05, 0.1) is 11.9 Å². The molecule has 1 saturated heterocycles. The minimum Gasteiger partial charge on any atom is -0.259 e. The molecule has 0 spiro atoms. The van der Waals surface area contributed by atoms with E-state index in [2.05, 4.69) is 50.1 Å². The standard InChI is InChI=1S/C20H19Br2ClN2O2S.C2H6/c1-28(26,27)25-6-4-12(5-7-25)19-18-13(9-16(23)10-17(18)22)2-3-14-8-15(21)11-24-20(14)19;1-2/h2-3,8-12,19H,4-7H2,1H3;1-2H3. The van der Waals surface area contributed by atoms with E-state index in [1.807, 2.05) is 32.2 Å². The number of rotatable bonds is 2. The first kappa shape index (κ1) is 23.9. The number of hydrogen-bond donors (Lipinski definition) is 0. The van der Waals surface area contributed by atoms with Gasteiger partial charge in [0.25, 0.3) is 0 Å². The van der Waals surface area contributed by atoms with Gasteiger partial charge in [0, 0.05) is 39.2 Å². The second-order valence-corrected chi connectivity index (χ2v) is 11.5. The van der Waals surface area contributed by atoms with E-state index in [-0.39, 0.29) is 5.92 Å². The van der Waals surface area contributed by atoms with E-state index in [4.69, 9.17) is 16.6 Å². The van der Waals surface area contributed by atoms with Crippen molar-refractivity contribution in [2.45, 2.75) is 32.6 Å². The number of piperidine rings is 1. The van der Waals surface area contributed by atoms with Gasteiger partial charge < -0.3 is 0 Å². The smallest absolute Gasteiger partial charge is 0.211 e. The van der Waals surface area contributed by atoms with Crippen molar-refractivity contribution in [2.24, 2.45) is 5.92 Å². The van der Waals surface area contributed by atoms with Gasteiger partial charge in [-0.15, -0.1) is 0 Å². The summed E-state index contributed by atoms with van der Waals surface area (Å²) in [5, 5.41) is 0.681. The third-order valence-electron chi connectivity index (χ3n) is 5.53. The summed E-state index contributed by atoms with van der Waals surface area (Å²) in [5.41, 5.74) is 4.35. The Morgan fingerprint density at radius 1 is 1.07 bits per heavy atom. The zero-order valence-corrected chi connectivity index (χ0v) is 21.9. The number of pyridine rings is 1. The largest absolute Gasteiger partial charge is 0.259 e. The van der Waals surface area contributed by atoms with Crippen molar-refractivity contribution in [1.82, 2.24) is 9.29 Å². The van der Waals surface area contributed by atoms with E-state index in [1.165, 1.54) is 11.8 Å². The van der Waals surface area contributed by atoms with Gasteiger partial charge in [-0.05, 0) is 69.6 Å². The molecule has 1 unspecified atom stereocenters. The van der Waals surface area contributed by atoms with Crippen LogP contribution in [-0.4, -0.2) is 37.1 Å². The van der Waals surface area contributed by atoms with Crippen molar-refractivity contribution in [2.75, 3.05) is 19.3 Å². The van der Waals surface area contributed by atoms with Crippen LogP contribution in [0.5, 0.6) is 0 Å². The van der Waals surface area contributed by atoms with E-state index in [9.17, 15) is 8.42 Å². The molecule has 0 bridgehead atoms. The molecule has 0 amide bonds. The number of aromatic nitrogens is 1. The maximum atomic E-state index is 11.9. The number of hydrogen-bond acceptors (Lipinski definition) is 3. The first-order valence-corrected chi connectivity index (χ1v) is 13.8. The Labute approximate surface area is 201 Å². The minimum absolute atomic E-state index is 0.0708. The molecule has 1 atom stereocenters. The summed E-state index contributed by atoms with van der Waals surface area (Å²) in [6, 6.07) is 5.99. The third kappa shape index (κ3) is 5.01. The van der Waals surface area contributed by atoms with Gasteiger partial charge in [-0.1, -0.05) is 53.5 Å². The van der Waals surface area contributed by atoms with Crippen molar-refractivity contribution >= 4 is 65.6 Å². The number of fused-ring (bicyclic) bond motifs is 2. The Morgan fingerprint density at radius 2 is 1.70 bits per heavy atom. The highest BCUT2D eigenvalue weighted by atomic mass is 79.9. The molecule has 0 N–H and O–H groups in total. The van der Waals surface area contributed by atoms with Gasteiger partial charge in [0.2, 0.25) is 10.0 Å². The number of benzene rings is 1. The molecule has 1 aliphatic heterocycles. The van der Waals surface area contributed by atoms with Gasteiger partial charge in [0.1, 0.15) is 0 Å². The quantitative estimate of drug-likeness (QED) is 0.406. The molecule has 4 rings (SSSR count). The maximum absolute atomic E-state index is 11.9. The lowest BCUT2D eigenvalue weighted by Crippen LogP contribution is -2.39. The van der Waals surface area contributed by atoms with Gasteiger partial charge in [0.15, 0.2) is 0 Å². The van der Waals surface area contributed by atoms with Crippen molar-refractivity contribution in [3.8, 4) is 0 Å². The Hall–Kier alpha value is -0.730. The lowest BCUT2D eigenvalue weighted by Gasteiger charge is -2.36. The van der Waals surface area contributed by atoms with Crippen LogP contribution in [0.4, 0.5) is 0 Å². The van der Waals surface area contributed by atoms with Crippen LogP contribution in [-0.2, 0) is 10.0 Å². The van der Waals surface area contributed by atoms with Crippen LogP contribution in [0, 0.1) is 5.92 Å². The molecule has 8 heteroatoms. The lowest BCUT2D eigenvalue weighted by molar-refractivity contribution is 0.256. The molecule has 0 saturated carbocycles. The van der Waals surface area contributed by atoms with Crippen molar-refractivity contribution < 1.29 is 8.42 Å². The van der Waals surface area contributed by atoms with Crippen LogP contribution in [0.3, 0.4) is 0 Å². The molecule has 0 radical (unpaired) electrons. The summed E-state index contributed by atoms with van der Waals surface area (Å²) in [4.78, 5) is 4.78. The first-order chi connectivity index (χ1) is 14.2. The van der Waals surface area contributed by atoms with E-state index >= 15 is 0 Å². The zero-order valence-electron chi connectivity index (χ0n) is 17.2. The molecule has 1 fully saturated rings. The van der Waals surface area contributed by atoms with Gasteiger partial charge >= 0.3 is 0 Å². The van der Waals surface area contributed by atoms with Crippen LogP contribution in [0.2, 0.25) is 5.02 Å². The molecule has 1 aromatic heterocycles. The van der Waals surface area contributed by atoms with Gasteiger partial charge in [-0.25, -0.2) is 12.7 Å². The molecular weight excluding hydrogens is 552 g/mol. The summed E-state index contributed by atoms with van der Waals surface area (Å²) in [7, 11) is -3.16. The maximum Gasteiger partial charge on any atom is 0.211 e. The highest BCUT2D eigenvalue weighted by Crippen LogP contribution is 2.46. The van der Waals surface area contributed by atoms with Crippen LogP contribution >= 0.6 is 43.5 Å². The van der Waals surface area contributed by atoms with Crippen LogP contribution in [0.25, 0.3) is 12.2 Å². The average Bonchev–Trinajstić information content (AvgIpc) is 2.86. The fourth-order valence-electron chi connectivity index (χ4n) is 4.25. The molecule has 1 aromatic carbocycles. The first-order valence-electron chi connectivity index (χ1n) is 10.0. The Morgan fingerprint density at radius 3 is 2.33 bits per heavy atom. The molecule has 30 heavy (non-hydrogen) atoms. The van der Waals surface area contributed by atoms with E-state index in [0.717, 1.165) is 38.6 Å². The summed E-state index contributed by atoms with van der Waals surface area (Å²) in [5.74, 6) is 0.364. The van der Waals surface area contributed by atoms with Gasteiger partial charge in [-0.2, -0.15) is 0 Å². The summed E-state index contributed by atoms with van der Waals surface area (Å²) >= 11 is 13.6. The minimum atomic E-state index is -3.16. The Balaban J connectivity index is 0.00000124. The van der Waals surface area contributed by atoms with Crippen LogP contribution in [0.15, 0.2) is 33.3 Å². The highest BCUT2D eigenvalue weighted by molar-refractivity contribution is 9.10. The number of nitrogens with zero attached hydrogens (tertiary/aromatic N) is 2. The lowest BCUT2D eigenvalue weighted by atomic mass is 9.76. The summed E-state index contributed by atoms with van der Waals surface area (Å²) < 4.78 is 27.3. The van der Waals surface area contributed by atoms with Crippen molar-refractivity contribution in [3.63, 3.8) is 0 Å². The molecule has 162 valence electrons. The molecule has 2 heterocycles. The van der Waals surface area contributed by atoms with E-state index in [1.54, 1.807) is 4.31 Å². The average molecular weight is 577 g/mol. The second kappa shape index (κ2) is 9.82. The van der Waals surface area contributed by atoms with Gasteiger partial charge in [-0.3, -0.25) is 4.98 Å². The topological polar surface area (TPSA) is 50.3 Å². The molecular formula is C22H25Br2ClN2O2S. The predicted molar refractivity (Wildman–Crippen MR) is 132 cm³/mol. The fraction of sp³-hybridized carbons (Fsp3) is 0.409. The third-order valence-corrected chi connectivity index (χ3v) is 8.14. The molecule has 2 aliphatic rings. The molecule has 1 aliphatic carbocycles.